The molecule has 2 atom stereocenters. The Morgan fingerprint density at radius 2 is 1.87 bits per heavy atom. The lowest BCUT2D eigenvalue weighted by atomic mass is 9.98. The molecule has 0 amide bonds. The van der Waals surface area contributed by atoms with Gasteiger partial charge in [-0.2, -0.15) is 0 Å². The molecule has 0 bridgehead atoms. The molecule has 2 aromatic rings. The second kappa shape index (κ2) is 7.55. The molecule has 0 aromatic heterocycles. The summed E-state index contributed by atoms with van der Waals surface area (Å²) in [5.41, 5.74) is 7.81. The summed E-state index contributed by atoms with van der Waals surface area (Å²) < 4.78 is 13.8. The Hall–Kier alpha value is -1.95. The van der Waals surface area contributed by atoms with E-state index in [1.165, 1.54) is 12.1 Å². The summed E-state index contributed by atoms with van der Waals surface area (Å²) in [5.74, 6) is -1.64. The summed E-state index contributed by atoms with van der Waals surface area (Å²) in [6, 6.07) is 11.0. The van der Waals surface area contributed by atoms with Gasteiger partial charge in [0.05, 0.1) is 0 Å². The molecule has 4 nitrogen and oxygen atoms in total. The number of benzene rings is 2. The number of aliphatic hydroxyl groups is 1. The van der Waals surface area contributed by atoms with Crippen molar-refractivity contribution in [3.8, 4) is 11.1 Å². The minimum Gasteiger partial charge on any atom is -0.479 e. The van der Waals surface area contributed by atoms with E-state index in [0.717, 1.165) is 5.56 Å². The van der Waals surface area contributed by atoms with E-state index in [9.17, 15) is 14.3 Å². The topological polar surface area (TPSA) is 83.5 Å². The van der Waals surface area contributed by atoms with Crippen molar-refractivity contribution in [1.29, 1.82) is 0 Å². The number of carboxylic acids is 1. The Balaban J connectivity index is 2.07. The van der Waals surface area contributed by atoms with E-state index in [0.29, 0.717) is 22.6 Å². The minimum atomic E-state index is -1.47. The van der Waals surface area contributed by atoms with Gasteiger partial charge in [-0.05, 0) is 42.2 Å². The van der Waals surface area contributed by atoms with Crippen LogP contribution in [0.1, 0.15) is 12.0 Å². The van der Waals surface area contributed by atoms with Crippen LogP contribution in [0.15, 0.2) is 42.5 Å². The summed E-state index contributed by atoms with van der Waals surface area (Å²) >= 11 is 5.89. The van der Waals surface area contributed by atoms with Gasteiger partial charge < -0.3 is 15.9 Å². The molecule has 2 rings (SSSR count). The SMILES string of the molecule is N[C@H](Cc1ccc(-c2cc(Cl)ccc2F)cc1)CC(O)C(=O)O. The molecule has 4 N–H and O–H groups in total. The second-order valence-electron chi connectivity index (χ2n) is 5.38. The molecular weight excluding hydrogens is 321 g/mol. The molecule has 0 fully saturated rings. The molecule has 0 aliphatic carbocycles. The van der Waals surface area contributed by atoms with Gasteiger partial charge in [-0.3, -0.25) is 0 Å². The van der Waals surface area contributed by atoms with Crippen LogP contribution in [0.25, 0.3) is 11.1 Å². The van der Waals surface area contributed by atoms with Crippen LogP contribution in [0.4, 0.5) is 4.39 Å². The van der Waals surface area contributed by atoms with Crippen molar-refractivity contribution in [1.82, 2.24) is 0 Å². The third-order valence-electron chi connectivity index (χ3n) is 3.50. The average Bonchev–Trinajstić information content (AvgIpc) is 2.50. The highest BCUT2D eigenvalue weighted by Crippen LogP contribution is 2.26. The summed E-state index contributed by atoms with van der Waals surface area (Å²) in [6.07, 6.45) is -1.08. The van der Waals surface area contributed by atoms with Crippen molar-refractivity contribution >= 4 is 17.6 Å². The van der Waals surface area contributed by atoms with E-state index in [4.69, 9.17) is 22.4 Å². The number of halogens is 2. The number of carboxylic acid groups (broad SMARTS) is 1. The first-order chi connectivity index (χ1) is 10.9. The zero-order chi connectivity index (χ0) is 17.0. The van der Waals surface area contributed by atoms with Crippen molar-refractivity contribution in [2.75, 3.05) is 0 Å². The second-order valence-corrected chi connectivity index (χ2v) is 5.81. The maximum Gasteiger partial charge on any atom is 0.332 e. The molecule has 2 aromatic carbocycles. The van der Waals surface area contributed by atoms with Gasteiger partial charge in [0.1, 0.15) is 5.82 Å². The molecule has 0 saturated heterocycles. The van der Waals surface area contributed by atoms with E-state index in [-0.39, 0.29) is 12.2 Å². The van der Waals surface area contributed by atoms with Gasteiger partial charge in [0.25, 0.3) is 0 Å². The summed E-state index contributed by atoms with van der Waals surface area (Å²) in [6.45, 7) is 0. The molecule has 0 radical (unpaired) electrons. The fourth-order valence-electron chi connectivity index (χ4n) is 2.31. The van der Waals surface area contributed by atoms with Crippen LogP contribution in [-0.4, -0.2) is 28.3 Å². The molecule has 0 saturated carbocycles. The first-order valence-electron chi connectivity index (χ1n) is 7.07. The van der Waals surface area contributed by atoms with Crippen LogP contribution in [0.5, 0.6) is 0 Å². The predicted octanol–water partition coefficient (Wildman–Crippen LogP) is 2.85. The van der Waals surface area contributed by atoms with Crippen LogP contribution in [0.2, 0.25) is 5.02 Å². The van der Waals surface area contributed by atoms with Gasteiger partial charge in [-0.25, -0.2) is 9.18 Å². The normalized spacial score (nSPS) is 13.6. The lowest BCUT2D eigenvalue weighted by Gasteiger charge is -2.14. The number of hydrogen-bond acceptors (Lipinski definition) is 3. The first-order valence-corrected chi connectivity index (χ1v) is 7.45. The monoisotopic (exact) mass is 337 g/mol. The van der Waals surface area contributed by atoms with Gasteiger partial charge in [-0.15, -0.1) is 0 Å². The van der Waals surface area contributed by atoms with Crippen LogP contribution in [0.3, 0.4) is 0 Å². The predicted molar refractivity (Wildman–Crippen MR) is 86.8 cm³/mol. The molecular formula is C17H17ClFNO3. The van der Waals surface area contributed by atoms with E-state index in [1.807, 2.05) is 0 Å². The van der Waals surface area contributed by atoms with Crippen molar-refractivity contribution in [2.24, 2.45) is 5.73 Å². The Morgan fingerprint density at radius 3 is 2.48 bits per heavy atom. The van der Waals surface area contributed by atoms with Gasteiger partial charge in [0, 0.05) is 16.6 Å². The third-order valence-corrected chi connectivity index (χ3v) is 3.74. The summed E-state index contributed by atoms with van der Waals surface area (Å²) in [7, 11) is 0. The van der Waals surface area contributed by atoms with E-state index >= 15 is 0 Å². The van der Waals surface area contributed by atoms with Gasteiger partial charge >= 0.3 is 5.97 Å². The number of aliphatic carboxylic acids is 1. The Morgan fingerprint density at radius 1 is 1.22 bits per heavy atom. The van der Waals surface area contributed by atoms with Crippen LogP contribution < -0.4 is 5.73 Å². The first kappa shape index (κ1) is 17.4. The van der Waals surface area contributed by atoms with Crippen molar-refractivity contribution < 1.29 is 19.4 Å². The zero-order valence-corrected chi connectivity index (χ0v) is 13.0. The fraction of sp³-hybridized carbons (Fsp3) is 0.235. The maximum atomic E-state index is 13.8. The number of hydrogen-bond donors (Lipinski definition) is 3. The van der Waals surface area contributed by atoms with E-state index < -0.39 is 18.1 Å². The minimum absolute atomic E-state index is 0.0278. The van der Waals surface area contributed by atoms with Crippen LogP contribution in [0, 0.1) is 5.82 Å². The molecule has 1 unspecified atom stereocenters. The Kier molecular flexibility index (Phi) is 5.71. The number of carbonyl (C=O) groups is 1. The highest BCUT2D eigenvalue weighted by molar-refractivity contribution is 6.30. The molecule has 0 aliphatic heterocycles. The molecule has 0 aliphatic rings. The number of nitrogens with two attached hydrogens (primary N) is 1. The smallest absolute Gasteiger partial charge is 0.332 e. The molecule has 0 heterocycles. The van der Waals surface area contributed by atoms with Gasteiger partial charge in [-0.1, -0.05) is 35.9 Å². The fourth-order valence-corrected chi connectivity index (χ4v) is 2.48. The standard InChI is InChI=1S/C17H17ClFNO3/c18-12-5-6-15(19)14(8-12)11-3-1-10(2-4-11)7-13(20)9-16(21)17(22)23/h1-6,8,13,16,21H,7,9,20H2,(H,22,23)/t13-,16?/m1/s1. The van der Waals surface area contributed by atoms with Crippen molar-refractivity contribution in [3.63, 3.8) is 0 Å². The summed E-state index contributed by atoms with van der Waals surface area (Å²) in [4.78, 5) is 10.6. The summed E-state index contributed by atoms with van der Waals surface area (Å²) in [5, 5.41) is 18.4. The van der Waals surface area contributed by atoms with Crippen LogP contribution in [-0.2, 0) is 11.2 Å². The van der Waals surface area contributed by atoms with E-state index in [2.05, 4.69) is 0 Å². The quantitative estimate of drug-likeness (QED) is 0.757. The highest BCUT2D eigenvalue weighted by Gasteiger charge is 2.17. The lowest BCUT2D eigenvalue weighted by molar-refractivity contribution is -0.147. The highest BCUT2D eigenvalue weighted by atomic mass is 35.5. The van der Waals surface area contributed by atoms with Crippen molar-refractivity contribution in [3.05, 3.63) is 58.9 Å². The molecule has 6 heteroatoms. The largest absolute Gasteiger partial charge is 0.479 e. The molecule has 0 spiro atoms. The Bertz CT molecular complexity index is 691. The maximum absolute atomic E-state index is 13.8. The van der Waals surface area contributed by atoms with Crippen LogP contribution >= 0.6 is 11.6 Å². The van der Waals surface area contributed by atoms with Gasteiger partial charge in [0.15, 0.2) is 6.10 Å². The Labute approximate surface area is 138 Å². The number of aliphatic hydroxyl groups excluding tert-OH is 1. The number of rotatable bonds is 6. The average molecular weight is 338 g/mol. The van der Waals surface area contributed by atoms with Crippen molar-refractivity contribution in [2.45, 2.75) is 25.0 Å². The van der Waals surface area contributed by atoms with Gasteiger partial charge in [0.2, 0.25) is 0 Å². The zero-order valence-electron chi connectivity index (χ0n) is 12.2. The molecule has 23 heavy (non-hydrogen) atoms. The lowest BCUT2D eigenvalue weighted by Crippen LogP contribution is -2.32. The third kappa shape index (κ3) is 4.76. The molecule has 122 valence electrons. The van der Waals surface area contributed by atoms with E-state index in [1.54, 1.807) is 30.3 Å².